The standard InChI is InChI=1S/C14H16N2O2S/c1-9-12(6-7-18-9)19-13-5-4-10(8-11(13)15)14(17)16(2)3/h4-8H,15H2,1-3H3. The zero-order valence-corrected chi connectivity index (χ0v) is 12.0. The second-order valence-electron chi connectivity index (χ2n) is 4.40. The molecule has 1 aromatic heterocycles. The summed E-state index contributed by atoms with van der Waals surface area (Å²) in [7, 11) is 3.44. The Morgan fingerprint density at radius 1 is 1.26 bits per heavy atom. The smallest absolute Gasteiger partial charge is 0.253 e. The first-order valence-corrected chi connectivity index (χ1v) is 6.64. The number of aryl methyl sites for hydroxylation is 1. The van der Waals surface area contributed by atoms with Crippen LogP contribution in [0.25, 0.3) is 0 Å². The molecule has 0 aliphatic rings. The van der Waals surface area contributed by atoms with Crippen molar-refractivity contribution in [3.8, 4) is 0 Å². The van der Waals surface area contributed by atoms with Gasteiger partial charge in [-0.1, -0.05) is 11.8 Å². The molecule has 1 heterocycles. The van der Waals surface area contributed by atoms with Crippen LogP contribution < -0.4 is 5.73 Å². The molecule has 0 atom stereocenters. The van der Waals surface area contributed by atoms with Crippen molar-refractivity contribution >= 4 is 23.4 Å². The van der Waals surface area contributed by atoms with E-state index < -0.39 is 0 Å². The number of hydrogen-bond donors (Lipinski definition) is 1. The number of benzene rings is 1. The monoisotopic (exact) mass is 276 g/mol. The number of amides is 1. The molecule has 2 aromatic rings. The summed E-state index contributed by atoms with van der Waals surface area (Å²) >= 11 is 1.53. The second kappa shape index (κ2) is 5.40. The van der Waals surface area contributed by atoms with E-state index in [1.807, 2.05) is 19.1 Å². The van der Waals surface area contributed by atoms with Crippen LogP contribution in [0.4, 0.5) is 5.69 Å². The predicted molar refractivity (Wildman–Crippen MR) is 76.4 cm³/mol. The number of nitrogens with two attached hydrogens (primary N) is 1. The number of carbonyl (C=O) groups is 1. The van der Waals surface area contributed by atoms with Gasteiger partial charge >= 0.3 is 0 Å². The number of anilines is 1. The molecular formula is C14H16N2O2S. The van der Waals surface area contributed by atoms with E-state index in [1.54, 1.807) is 32.5 Å². The Kier molecular flexibility index (Phi) is 3.85. The fourth-order valence-electron chi connectivity index (χ4n) is 1.63. The maximum Gasteiger partial charge on any atom is 0.253 e. The summed E-state index contributed by atoms with van der Waals surface area (Å²) in [6.07, 6.45) is 1.65. The van der Waals surface area contributed by atoms with Gasteiger partial charge in [-0.3, -0.25) is 4.79 Å². The van der Waals surface area contributed by atoms with Crippen LogP contribution in [0.15, 0.2) is 44.7 Å². The van der Waals surface area contributed by atoms with Crippen LogP contribution >= 0.6 is 11.8 Å². The minimum absolute atomic E-state index is 0.0530. The number of rotatable bonds is 3. The molecule has 4 nitrogen and oxygen atoms in total. The van der Waals surface area contributed by atoms with Gasteiger partial charge in [-0.25, -0.2) is 0 Å². The normalized spacial score (nSPS) is 10.5. The fourth-order valence-corrected chi connectivity index (χ4v) is 2.50. The zero-order chi connectivity index (χ0) is 14.0. The van der Waals surface area contributed by atoms with E-state index in [0.29, 0.717) is 11.3 Å². The Bertz CT molecular complexity index is 605. The first-order chi connectivity index (χ1) is 8.99. The summed E-state index contributed by atoms with van der Waals surface area (Å²) in [6.45, 7) is 1.91. The molecule has 0 radical (unpaired) electrons. The van der Waals surface area contributed by atoms with Gasteiger partial charge in [0.15, 0.2) is 0 Å². The van der Waals surface area contributed by atoms with Gasteiger partial charge in [0.1, 0.15) is 5.76 Å². The van der Waals surface area contributed by atoms with Crippen LogP contribution in [0.5, 0.6) is 0 Å². The largest absolute Gasteiger partial charge is 0.468 e. The molecule has 0 bridgehead atoms. The van der Waals surface area contributed by atoms with Crippen LogP contribution in [0.3, 0.4) is 0 Å². The fraction of sp³-hybridized carbons (Fsp3) is 0.214. The summed E-state index contributed by atoms with van der Waals surface area (Å²) in [5.41, 5.74) is 7.19. The van der Waals surface area contributed by atoms with Gasteiger partial charge in [-0.05, 0) is 31.2 Å². The van der Waals surface area contributed by atoms with Gasteiger partial charge in [-0.2, -0.15) is 0 Å². The average molecular weight is 276 g/mol. The van der Waals surface area contributed by atoms with E-state index in [0.717, 1.165) is 15.6 Å². The highest BCUT2D eigenvalue weighted by Gasteiger charge is 2.11. The third-order valence-electron chi connectivity index (χ3n) is 2.69. The number of carbonyl (C=O) groups excluding carboxylic acids is 1. The minimum atomic E-state index is -0.0530. The van der Waals surface area contributed by atoms with Gasteiger partial charge in [0.05, 0.1) is 11.2 Å². The highest BCUT2D eigenvalue weighted by molar-refractivity contribution is 7.99. The van der Waals surface area contributed by atoms with E-state index in [1.165, 1.54) is 16.7 Å². The van der Waals surface area contributed by atoms with Gasteiger partial charge in [0.25, 0.3) is 5.91 Å². The Labute approximate surface area is 116 Å². The second-order valence-corrected chi connectivity index (χ2v) is 5.48. The van der Waals surface area contributed by atoms with Gasteiger partial charge < -0.3 is 15.1 Å². The summed E-state index contributed by atoms with van der Waals surface area (Å²) in [5, 5.41) is 0. The van der Waals surface area contributed by atoms with Crippen molar-refractivity contribution < 1.29 is 9.21 Å². The Balaban J connectivity index is 2.25. The molecule has 0 unspecified atom stereocenters. The van der Waals surface area contributed by atoms with Crippen LogP contribution in [0, 0.1) is 6.92 Å². The van der Waals surface area contributed by atoms with Crippen molar-refractivity contribution in [3.63, 3.8) is 0 Å². The van der Waals surface area contributed by atoms with Crippen LogP contribution in [-0.4, -0.2) is 24.9 Å². The Hall–Kier alpha value is -1.88. The maximum absolute atomic E-state index is 11.8. The molecule has 0 aliphatic carbocycles. The minimum Gasteiger partial charge on any atom is -0.468 e. The third kappa shape index (κ3) is 2.93. The number of nitrogen functional groups attached to an aromatic ring is 1. The predicted octanol–water partition coefficient (Wildman–Crippen LogP) is 3.02. The molecule has 0 aliphatic heterocycles. The lowest BCUT2D eigenvalue weighted by Crippen LogP contribution is -2.21. The molecule has 0 spiro atoms. The van der Waals surface area contributed by atoms with Crippen LogP contribution in [0.1, 0.15) is 16.1 Å². The van der Waals surface area contributed by atoms with Gasteiger partial charge in [0.2, 0.25) is 0 Å². The summed E-state index contributed by atoms with van der Waals surface area (Å²) < 4.78 is 5.25. The molecule has 1 aromatic carbocycles. The number of nitrogens with zero attached hydrogens (tertiary/aromatic N) is 1. The average Bonchev–Trinajstić information content (AvgIpc) is 2.76. The number of hydrogen-bond acceptors (Lipinski definition) is 4. The third-order valence-corrected chi connectivity index (χ3v) is 3.93. The van der Waals surface area contributed by atoms with Crippen molar-refractivity contribution in [3.05, 3.63) is 41.9 Å². The molecule has 5 heteroatoms. The van der Waals surface area contributed by atoms with Gasteiger partial charge in [0, 0.05) is 30.2 Å². The van der Waals surface area contributed by atoms with Gasteiger partial charge in [-0.15, -0.1) is 0 Å². The maximum atomic E-state index is 11.8. The van der Waals surface area contributed by atoms with Crippen molar-refractivity contribution in [1.82, 2.24) is 4.90 Å². The van der Waals surface area contributed by atoms with E-state index in [4.69, 9.17) is 10.2 Å². The summed E-state index contributed by atoms with van der Waals surface area (Å²) in [5.74, 6) is 0.806. The SMILES string of the molecule is Cc1occc1Sc1ccc(C(=O)N(C)C)cc1N. The first kappa shape index (κ1) is 13.5. The van der Waals surface area contributed by atoms with Crippen molar-refractivity contribution in [2.75, 3.05) is 19.8 Å². The van der Waals surface area contributed by atoms with Crippen LogP contribution in [0.2, 0.25) is 0 Å². The Morgan fingerprint density at radius 2 is 2.00 bits per heavy atom. The molecule has 2 rings (SSSR count). The molecule has 100 valence electrons. The highest BCUT2D eigenvalue weighted by Crippen LogP contribution is 2.34. The van der Waals surface area contributed by atoms with Crippen LogP contribution in [-0.2, 0) is 0 Å². The lowest BCUT2D eigenvalue weighted by atomic mass is 10.2. The summed E-state index contributed by atoms with van der Waals surface area (Å²) in [6, 6.07) is 7.26. The first-order valence-electron chi connectivity index (χ1n) is 5.82. The molecule has 1 amide bonds. The van der Waals surface area contributed by atoms with E-state index in [-0.39, 0.29) is 5.91 Å². The molecule has 0 fully saturated rings. The van der Waals surface area contributed by atoms with Crippen molar-refractivity contribution in [2.24, 2.45) is 0 Å². The summed E-state index contributed by atoms with van der Waals surface area (Å²) in [4.78, 5) is 15.3. The Morgan fingerprint density at radius 3 is 2.53 bits per heavy atom. The molecule has 0 saturated carbocycles. The lowest BCUT2D eigenvalue weighted by molar-refractivity contribution is 0.0827. The van der Waals surface area contributed by atoms with E-state index in [9.17, 15) is 4.79 Å². The van der Waals surface area contributed by atoms with Crippen molar-refractivity contribution in [1.29, 1.82) is 0 Å². The van der Waals surface area contributed by atoms with Crippen molar-refractivity contribution in [2.45, 2.75) is 16.7 Å². The molecule has 19 heavy (non-hydrogen) atoms. The molecule has 2 N–H and O–H groups in total. The topological polar surface area (TPSA) is 59.5 Å². The molecule has 0 saturated heterocycles. The van der Waals surface area contributed by atoms with E-state index in [2.05, 4.69) is 0 Å². The van der Waals surface area contributed by atoms with E-state index >= 15 is 0 Å². The highest BCUT2D eigenvalue weighted by atomic mass is 32.2. The quantitative estimate of drug-likeness (QED) is 0.875. The molecular weight excluding hydrogens is 260 g/mol. The lowest BCUT2D eigenvalue weighted by Gasteiger charge is -2.12. The number of furan rings is 1. The zero-order valence-electron chi connectivity index (χ0n) is 11.1.